The third kappa shape index (κ3) is 3.37. The van der Waals surface area contributed by atoms with Crippen LogP contribution < -0.4 is 5.32 Å². The van der Waals surface area contributed by atoms with Crippen LogP contribution >= 0.6 is 0 Å². The van der Waals surface area contributed by atoms with Crippen LogP contribution in [-0.2, 0) is 0 Å². The molecule has 1 aliphatic rings. The maximum atomic E-state index is 10.8. The Hall–Kier alpha value is -1.77. The highest BCUT2D eigenvalue weighted by molar-refractivity contribution is 5.87. The van der Waals surface area contributed by atoms with Crippen LogP contribution in [0.2, 0.25) is 0 Å². The summed E-state index contributed by atoms with van der Waals surface area (Å²) in [6.07, 6.45) is 9.40. The van der Waals surface area contributed by atoms with Gasteiger partial charge in [-0.15, -0.1) is 0 Å². The molecule has 1 aliphatic carbocycles. The van der Waals surface area contributed by atoms with E-state index >= 15 is 0 Å². The molecule has 2 N–H and O–H groups in total. The number of nitrogens with one attached hydrogen (secondary N) is 1. The fraction of sp³-hybridized carbons (Fsp3) is 0.438. The maximum Gasteiger partial charge on any atom is 0.335 e. The van der Waals surface area contributed by atoms with Gasteiger partial charge in [0.15, 0.2) is 0 Å². The Balaban J connectivity index is 1.85. The van der Waals surface area contributed by atoms with Crippen LogP contribution in [0, 0.1) is 5.41 Å². The molecule has 3 nitrogen and oxygen atoms in total. The summed E-state index contributed by atoms with van der Waals surface area (Å²) in [5.41, 5.74) is 1.68. The van der Waals surface area contributed by atoms with Gasteiger partial charge in [0, 0.05) is 12.2 Å². The number of benzene rings is 1. The molecule has 2 rings (SSSR count). The van der Waals surface area contributed by atoms with Crippen molar-refractivity contribution in [3.05, 3.63) is 42.0 Å². The van der Waals surface area contributed by atoms with Gasteiger partial charge in [0.2, 0.25) is 0 Å². The van der Waals surface area contributed by atoms with E-state index in [-0.39, 0.29) is 0 Å². The molecule has 0 fully saturated rings. The lowest BCUT2D eigenvalue weighted by atomic mass is 9.81. The molecule has 1 aromatic carbocycles. The Morgan fingerprint density at radius 1 is 1.37 bits per heavy atom. The molecule has 0 aliphatic heterocycles. The number of hydrogen-bond donors (Lipinski definition) is 2. The summed E-state index contributed by atoms with van der Waals surface area (Å²) in [5.74, 6) is -0.882. The van der Waals surface area contributed by atoms with Crippen LogP contribution in [-0.4, -0.2) is 17.6 Å². The van der Waals surface area contributed by atoms with Crippen molar-refractivity contribution in [1.29, 1.82) is 0 Å². The number of carboxylic acid groups (broad SMARTS) is 1. The van der Waals surface area contributed by atoms with Crippen molar-refractivity contribution in [3.63, 3.8) is 0 Å². The van der Waals surface area contributed by atoms with Gasteiger partial charge in [0.05, 0.1) is 5.56 Å². The molecule has 0 radical (unpaired) electrons. The van der Waals surface area contributed by atoms with Crippen molar-refractivity contribution >= 4 is 11.7 Å². The van der Waals surface area contributed by atoms with Crippen molar-refractivity contribution in [2.24, 2.45) is 5.41 Å². The van der Waals surface area contributed by atoms with Crippen molar-refractivity contribution in [2.45, 2.75) is 32.6 Å². The van der Waals surface area contributed by atoms with Crippen molar-refractivity contribution < 1.29 is 9.90 Å². The minimum absolute atomic E-state index is 0.328. The molecule has 3 heteroatoms. The quantitative estimate of drug-likeness (QED) is 0.761. The third-order valence-corrected chi connectivity index (χ3v) is 4.07. The molecule has 19 heavy (non-hydrogen) atoms. The zero-order valence-corrected chi connectivity index (χ0v) is 11.4. The van der Waals surface area contributed by atoms with Gasteiger partial charge >= 0.3 is 5.97 Å². The Kier molecular flexibility index (Phi) is 4.25. The van der Waals surface area contributed by atoms with Crippen LogP contribution in [0.15, 0.2) is 36.4 Å². The topological polar surface area (TPSA) is 49.3 Å². The molecule has 0 heterocycles. The van der Waals surface area contributed by atoms with Gasteiger partial charge in [-0.2, -0.15) is 0 Å². The average Bonchev–Trinajstić information content (AvgIpc) is 2.89. The van der Waals surface area contributed by atoms with Crippen LogP contribution in [0.3, 0.4) is 0 Å². The predicted molar refractivity (Wildman–Crippen MR) is 77.6 cm³/mol. The number of carbonyl (C=O) groups is 1. The average molecular weight is 259 g/mol. The van der Waals surface area contributed by atoms with Gasteiger partial charge in [-0.25, -0.2) is 4.79 Å². The Morgan fingerprint density at radius 3 is 2.63 bits per heavy atom. The summed E-state index contributed by atoms with van der Waals surface area (Å²) in [7, 11) is 0. The minimum Gasteiger partial charge on any atom is -0.478 e. The standard InChI is InChI=1S/C16H21NO2/c1-2-16(9-3-4-10-16)11-12-17-14-7-5-13(6-8-14)15(18)19/h3,5-9,17H,2,4,10-12H2,1H3,(H,18,19). The molecule has 0 saturated carbocycles. The van der Waals surface area contributed by atoms with Gasteiger partial charge < -0.3 is 10.4 Å². The summed E-state index contributed by atoms with van der Waals surface area (Å²) in [6.45, 7) is 3.17. The van der Waals surface area contributed by atoms with E-state index in [9.17, 15) is 4.79 Å². The SMILES string of the molecule is CCC1(CCNc2ccc(C(=O)O)cc2)C=CCC1. The fourth-order valence-electron chi connectivity index (χ4n) is 2.65. The molecule has 102 valence electrons. The van der Waals surface area contributed by atoms with E-state index in [1.54, 1.807) is 12.1 Å². The van der Waals surface area contributed by atoms with Crippen LogP contribution in [0.4, 0.5) is 5.69 Å². The first-order valence-electron chi connectivity index (χ1n) is 6.90. The lowest BCUT2D eigenvalue weighted by molar-refractivity contribution is 0.0697. The molecule has 0 spiro atoms. The second-order valence-electron chi connectivity index (χ2n) is 5.22. The van der Waals surface area contributed by atoms with E-state index in [2.05, 4.69) is 24.4 Å². The van der Waals surface area contributed by atoms with Gasteiger partial charge in [-0.1, -0.05) is 19.1 Å². The van der Waals surface area contributed by atoms with Crippen LogP contribution in [0.5, 0.6) is 0 Å². The molecule has 0 aromatic heterocycles. The highest BCUT2D eigenvalue weighted by Crippen LogP contribution is 2.38. The van der Waals surface area contributed by atoms with Crippen LogP contribution in [0.25, 0.3) is 0 Å². The van der Waals surface area contributed by atoms with Gasteiger partial charge in [-0.05, 0) is 55.4 Å². The number of allylic oxidation sites excluding steroid dienone is 2. The Morgan fingerprint density at radius 2 is 2.11 bits per heavy atom. The molecule has 1 atom stereocenters. The van der Waals surface area contributed by atoms with E-state index < -0.39 is 5.97 Å². The summed E-state index contributed by atoms with van der Waals surface area (Å²) in [6, 6.07) is 6.92. The first-order valence-corrected chi connectivity index (χ1v) is 6.90. The van der Waals surface area contributed by atoms with Gasteiger partial charge in [0.25, 0.3) is 0 Å². The second-order valence-corrected chi connectivity index (χ2v) is 5.22. The molecule has 0 saturated heterocycles. The first kappa shape index (κ1) is 13.7. The second kappa shape index (κ2) is 5.91. The molecular weight excluding hydrogens is 238 g/mol. The van der Waals surface area contributed by atoms with Crippen molar-refractivity contribution in [2.75, 3.05) is 11.9 Å². The number of hydrogen-bond acceptors (Lipinski definition) is 2. The highest BCUT2D eigenvalue weighted by atomic mass is 16.4. The van der Waals surface area contributed by atoms with Gasteiger partial charge in [0.1, 0.15) is 0 Å². The fourth-order valence-corrected chi connectivity index (χ4v) is 2.65. The number of aromatic carboxylic acids is 1. The summed E-state index contributed by atoms with van der Waals surface area (Å²) in [5, 5.41) is 12.2. The van der Waals surface area contributed by atoms with E-state index in [4.69, 9.17) is 5.11 Å². The lowest BCUT2D eigenvalue weighted by Gasteiger charge is -2.26. The molecule has 1 unspecified atom stereocenters. The summed E-state index contributed by atoms with van der Waals surface area (Å²) in [4.78, 5) is 10.8. The van der Waals surface area contributed by atoms with Crippen molar-refractivity contribution in [3.8, 4) is 0 Å². The van der Waals surface area contributed by atoms with E-state index in [0.717, 1.165) is 18.7 Å². The normalized spacial score (nSPS) is 21.5. The molecule has 0 bridgehead atoms. The lowest BCUT2D eigenvalue weighted by Crippen LogP contribution is -2.18. The molecule has 0 amide bonds. The van der Waals surface area contributed by atoms with Crippen molar-refractivity contribution in [1.82, 2.24) is 0 Å². The largest absolute Gasteiger partial charge is 0.478 e. The number of rotatable bonds is 6. The first-order chi connectivity index (χ1) is 9.15. The minimum atomic E-state index is -0.882. The number of carboxylic acids is 1. The zero-order chi connectivity index (χ0) is 13.7. The zero-order valence-electron chi connectivity index (χ0n) is 11.4. The molecular formula is C16H21NO2. The Labute approximate surface area is 114 Å². The predicted octanol–water partition coefficient (Wildman–Crippen LogP) is 3.93. The smallest absolute Gasteiger partial charge is 0.335 e. The van der Waals surface area contributed by atoms with Crippen LogP contribution in [0.1, 0.15) is 43.0 Å². The molecule has 1 aromatic rings. The monoisotopic (exact) mass is 259 g/mol. The third-order valence-electron chi connectivity index (χ3n) is 4.07. The van der Waals surface area contributed by atoms with E-state index in [0.29, 0.717) is 11.0 Å². The maximum absolute atomic E-state index is 10.8. The van der Waals surface area contributed by atoms with E-state index in [1.165, 1.54) is 19.3 Å². The summed E-state index contributed by atoms with van der Waals surface area (Å²) < 4.78 is 0. The number of anilines is 1. The van der Waals surface area contributed by atoms with E-state index in [1.807, 2.05) is 12.1 Å². The van der Waals surface area contributed by atoms with Gasteiger partial charge in [-0.3, -0.25) is 0 Å². The summed E-state index contributed by atoms with van der Waals surface area (Å²) >= 11 is 0. The Bertz CT molecular complexity index is 464. The highest BCUT2D eigenvalue weighted by Gasteiger charge is 2.26.